The van der Waals surface area contributed by atoms with Crippen LogP contribution in [0.4, 0.5) is 0 Å². The zero-order chi connectivity index (χ0) is 12.3. The van der Waals surface area contributed by atoms with E-state index in [1.165, 1.54) is 25.9 Å². The monoisotopic (exact) mass is 236 g/mol. The van der Waals surface area contributed by atoms with E-state index in [0.717, 1.165) is 12.2 Å². The van der Waals surface area contributed by atoms with Crippen molar-refractivity contribution in [1.29, 1.82) is 0 Å². The lowest BCUT2D eigenvalue weighted by molar-refractivity contribution is 0.114. The van der Waals surface area contributed by atoms with Gasteiger partial charge in [-0.25, -0.2) is 0 Å². The fourth-order valence-electron chi connectivity index (χ4n) is 2.56. The molecule has 1 N–H and O–H groups in total. The van der Waals surface area contributed by atoms with Gasteiger partial charge in [0.25, 0.3) is 0 Å². The highest BCUT2D eigenvalue weighted by Gasteiger charge is 2.30. The SMILES string of the molecule is CNC1(C)CCN(C(C)Cc2ccco2)CC1. The van der Waals surface area contributed by atoms with Gasteiger partial charge < -0.3 is 14.6 Å². The van der Waals surface area contributed by atoms with E-state index in [-0.39, 0.29) is 0 Å². The lowest BCUT2D eigenvalue weighted by Crippen LogP contribution is -2.52. The van der Waals surface area contributed by atoms with E-state index >= 15 is 0 Å². The summed E-state index contributed by atoms with van der Waals surface area (Å²) in [5.41, 5.74) is 0.334. The first-order valence-electron chi connectivity index (χ1n) is 6.58. The molecule has 2 rings (SSSR count). The molecule has 2 heterocycles. The summed E-state index contributed by atoms with van der Waals surface area (Å²) in [5.74, 6) is 1.10. The Morgan fingerprint density at radius 3 is 2.71 bits per heavy atom. The minimum absolute atomic E-state index is 0.334. The number of hydrogen-bond donors (Lipinski definition) is 1. The van der Waals surface area contributed by atoms with E-state index in [4.69, 9.17) is 4.42 Å². The molecule has 1 aromatic heterocycles. The quantitative estimate of drug-likeness (QED) is 0.869. The second kappa shape index (κ2) is 5.23. The van der Waals surface area contributed by atoms with Gasteiger partial charge in [-0.3, -0.25) is 0 Å². The molecule has 0 bridgehead atoms. The molecule has 0 radical (unpaired) electrons. The first kappa shape index (κ1) is 12.7. The van der Waals surface area contributed by atoms with Crippen molar-refractivity contribution in [3.63, 3.8) is 0 Å². The van der Waals surface area contributed by atoms with E-state index in [9.17, 15) is 0 Å². The third-order valence-corrected chi connectivity index (χ3v) is 4.21. The summed E-state index contributed by atoms with van der Waals surface area (Å²) in [6.45, 7) is 6.98. The van der Waals surface area contributed by atoms with E-state index in [1.54, 1.807) is 6.26 Å². The Morgan fingerprint density at radius 1 is 1.47 bits per heavy atom. The Balaban J connectivity index is 1.84. The molecule has 0 amide bonds. The van der Waals surface area contributed by atoms with Gasteiger partial charge in [0.1, 0.15) is 5.76 Å². The highest BCUT2D eigenvalue weighted by atomic mass is 16.3. The van der Waals surface area contributed by atoms with Gasteiger partial charge in [-0.15, -0.1) is 0 Å². The molecule has 0 spiro atoms. The van der Waals surface area contributed by atoms with Crippen LogP contribution in [0, 0.1) is 0 Å². The van der Waals surface area contributed by atoms with Gasteiger partial charge in [0.2, 0.25) is 0 Å². The zero-order valence-corrected chi connectivity index (χ0v) is 11.2. The van der Waals surface area contributed by atoms with E-state index in [0.29, 0.717) is 11.6 Å². The summed E-state index contributed by atoms with van der Waals surface area (Å²) < 4.78 is 5.42. The molecule has 0 aromatic carbocycles. The van der Waals surface area contributed by atoms with E-state index in [1.807, 2.05) is 6.07 Å². The molecule has 1 aliphatic heterocycles. The molecule has 1 atom stereocenters. The van der Waals surface area contributed by atoms with Gasteiger partial charge in [0.05, 0.1) is 6.26 Å². The molecular formula is C14H24N2O. The molecule has 17 heavy (non-hydrogen) atoms. The molecule has 3 heteroatoms. The molecule has 1 unspecified atom stereocenters. The van der Waals surface area contributed by atoms with Gasteiger partial charge in [0, 0.05) is 31.1 Å². The van der Waals surface area contributed by atoms with Crippen molar-refractivity contribution in [2.24, 2.45) is 0 Å². The lowest BCUT2D eigenvalue weighted by atomic mass is 9.89. The normalized spacial score (nSPS) is 22.5. The second-order valence-corrected chi connectivity index (χ2v) is 5.48. The number of likely N-dealkylation sites (tertiary alicyclic amines) is 1. The Bertz CT molecular complexity index is 326. The summed E-state index contributed by atoms with van der Waals surface area (Å²) in [5, 5.41) is 3.44. The number of nitrogens with zero attached hydrogens (tertiary/aromatic N) is 1. The highest BCUT2D eigenvalue weighted by Crippen LogP contribution is 2.23. The van der Waals surface area contributed by atoms with Crippen molar-refractivity contribution < 1.29 is 4.42 Å². The molecule has 0 aliphatic carbocycles. The molecule has 96 valence electrons. The number of hydrogen-bond acceptors (Lipinski definition) is 3. The van der Waals surface area contributed by atoms with Crippen LogP contribution >= 0.6 is 0 Å². The molecule has 1 saturated heterocycles. The second-order valence-electron chi connectivity index (χ2n) is 5.48. The van der Waals surface area contributed by atoms with Gasteiger partial charge in [-0.1, -0.05) is 0 Å². The van der Waals surface area contributed by atoms with Crippen molar-refractivity contribution in [2.75, 3.05) is 20.1 Å². The van der Waals surface area contributed by atoms with Gasteiger partial charge in [-0.2, -0.15) is 0 Å². The van der Waals surface area contributed by atoms with Crippen LogP contribution < -0.4 is 5.32 Å². The predicted octanol–water partition coefficient (Wildman–Crippen LogP) is 2.28. The van der Waals surface area contributed by atoms with E-state index in [2.05, 4.69) is 37.2 Å². The fraction of sp³-hybridized carbons (Fsp3) is 0.714. The Kier molecular flexibility index (Phi) is 3.89. The number of piperidine rings is 1. The smallest absolute Gasteiger partial charge is 0.105 e. The van der Waals surface area contributed by atoms with Crippen molar-refractivity contribution in [3.8, 4) is 0 Å². The fourth-order valence-corrected chi connectivity index (χ4v) is 2.56. The largest absolute Gasteiger partial charge is 0.469 e. The predicted molar refractivity (Wildman–Crippen MR) is 70.1 cm³/mol. The average molecular weight is 236 g/mol. The first-order valence-corrected chi connectivity index (χ1v) is 6.58. The topological polar surface area (TPSA) is 28.4 Å². The summed E-state index contributed by atoms with van der Waals surface area (Å²) in [6.07, 6.45) is 5.23. The minimum atomic E-state index is 0.334. The van der Waals surface area contributed by atoms with E-state index < -0.39 is 0 Å². The maximum absolute atomic E-state index is 5.42. The Morgan fingerprint density at radius 2 is 2.18 bits per heavy atom. The number of rotatable bonds is 4. The molecule has 1 fully saturated rings. The van der Waals surface area contributed by atoms with Gasteiger partial charge in [-0.05, 0) is 45.9 Å². The molecule has 0 saturated carbocycles. The molecule has 3 nitrogen and oxygen atoms in total. The highest BCUT2D eigenvalue weighted by molar-refractivity contribution is 5.01. The summed E-state index contributed by atoms with van der Waals surface area (Å²) in [7, 11) is 2.07. The summed E-state index contributed by atoms with van der Waals surface area (Å²) in [6, 6.07) is 4.61. The number of nitrogens with one attached hydrogen (secondary N) is 1. The molecule has 1 aromatic rings. The molecule has 1 aliphatic rings. The van der Waals surface area contributed by atoms with Crippen molar-refractivity contribution in [3.05, 3.63) is 24.2 Å². The maximum Gasteiger partial charge on any atom is 0.105 e. The van der Waals surface area contributed by atoms with Crippen LogP contribution in [0.25, 0.3) is 0 Å². The summed E-state index contributed by atoms with van der Waals surface area (Å²) >= 11 is 0. The Labute approximate surface area is 104 Å². The van der Waals surface area contributed by atoms with Gasteiger partial charge in [0.15, 0.2) is 0 Å². The minimum Gasteiger partial charge on any atom is -0.469 e. The van der Waals surface area contributed by atoms with Crippen molar-refractivity contribution in [2.45, 2.75) is 44.7 Å². The third-order valence-electron chi connectivity index (χ3n) is 4.21. The Hall–Kier alpha value is -0.800. The van der Waals surface area contributed by atoms with Gasteiger partial charge >= 0.3 is 0 Å². The summed E-state index contributed by atoms with van der Waals surface area (Å²) in [4.78, 5) is 2.57. The van der Waals surface area contributed by atoms with Crippen LogP contribution in [-0.2, 0) is 6.42 Å². The standard InChI is InChI=1S/C14H24N2O/c1-12(11-13-5-4-10-17-13)16-8-6-14(2,15-3)7-9-16/h4-5,10,12,15H,6-9,11H2,1-3H3. The third kappa shape index (κ3) is 3.11. The zero-order valence-electron chi connectivity index (χ0n) is 11.2. The van der Waals surface area contributed by atoms with Crippen molar-refractivity contribution >= 4 is 0 Å². The maximum atomic E-state index is 5.42. The van der Waals surface area contributed by atoms with Crippen molar-refractivity contribution in [1.82, 2.24) is 10.2 Å². The molecular weight excluding hydrogens is 212 g/mol. The lowest BCUT2D eigenvalue weighted by Gasteiger charge is -2.41. The number of furan rings is 1. The van der Waals surface area contributed by atoms with Crippen LogP contribution in [0.1, 0.15) is 32.4 Å². The average Bonchev–Trinajstić information content (AvgIpc) is 2.83. The van der Waals surface area contributed by atoms with Crippen LogP contribution in [-0.4, -0.2) is 36.6 Å². The van der Waals surface area contributed by atoms with Crippen LogP contribution in [0.15, 0.2) is 22.8 Å². The first-order chi connectivity index (χ1) is 8.13. The van der Waals surface area contributed by atoms with Crippen LogP contribution in [0.5, 0.6) is 0 Å². The van der Waals surface area contributed by atoms with Crippen LogP contribution in [0.3, 0.4) is 0 Å². The van der Waals surface area contributed by atoms with Crippen LogP contribution in [0.2, 0.25) is 0 Å².